The fourth-order valence-corrected chi connectivity index (χ4v) is 3.76. The molecule has 1 heterocycles. The number of carbonyl (C=O) groups excluding carboxylic acids is 3. The Hall–Kier alpha value is -3.49. The number of nitro groups is 1. The number of esters is 1. The van der Waals surface area contributed by atoms with Gasteiger partial charge in [-0.25, -0.2) is 4.79 Å². The maximum Gasteiger partial charge on any atom is 0.354 e. The average Bonchev–Trinajstić information content (AvgIpc) is 3.00. The van der Waals surface area contributed by atoms with Crippen molar-refractivity contribution in [2.45, 2.75) is 41.2 Å². The van der Waals surface area contributed by atoms with E-state index in [4.69, 9.17) is 4.74 Å². The van der Waals surface area contributed by atoms with Crippen LogP contribution in [-0.4, -0.2) is 52.2 Å². The van der Waals surface area contributed by atoms with E-state index in [1.165, 1.54) is 30.2 Å². The number of methoxy groups -OCH3 is 1. The van der Waals surface area contributed by atoms with Crippen LogP contribution in [0, 0.1) is 30.9 Å². The summed E-state index contributed by atoms with van der Waals surface area (Å²) in [6.07, 6.45) is 0. The number of aryl methyl sites for hydroxylation is 1. The number of ether oxygens (including phenoxy) is 1. The summed E-state index contributed by atoms with van der Waals surface area (Å²) in [5.41, 5.74) is 2.26. The molecule has 2 aromatic rings. The summed E-state index contributed by atoms with van der Waals surface area (Å²) >= 11 is 0. The van der Waals surface area contributed by atoms with Gasteiger partial charge in [-0.1, -0.05) is 6.07 Å². The molecule has 0 spiro atoms. The molecule has 0 radical (unpaired) electrons. The Bertz CT molecular complexity index is 1050. The van der Waals surface area contributed by atoms with Gasteiger partial charge in [-0.2, -0.15) is 0 Å². The van der Waals surface area contributed by atoms with Gasteiger partial charge in [0.2, 0.25) is 0 Å². The van der Waals surface area contributed by atoms with Gasteiger partial charge in [-0.15, -0.1) is 0 Å². The largest absolute Gasteiger partial charge is 0.464 e. The number of amides is 1. The summed E-state index contributed by atoms with van der Waals surface area (Å²) in [4.78, 5) is 50.3. The third kappa shape index (κ3) is 4.50. The molecule has 0 saturated carbocycles. The number of hydrogen-bond donors (Lipinski definition) is 0. The number of rotatable bonds is 8. The van der Waals surface area contributed by atoms with E-state index in [-0.39, 0.29) is 30.1 Å². The lowest BCUT2D eigenvalue weighted by Gasteiger charge is -2.20. The van der Waals surface area contributed by atoms with Gasteiger partial charge in [0.1, 0.15) is 5.69 Å². The number of hydrogen-bond acceptors (Lipinski definition) is 6. The molecule has 0 aliphatic carbocycles. The Kier molecular flexibility index (Phi) is 7.32. The molecular formula is C22H27N3O6. The average molecular weight is 429 g/mol. The number of aromatic nitrogens is 1. The lowest BCUT2D eigenvalue weighted by atomic mass is 10.0. The molecule has 2 rings (SSSR count). The molecule has 0 atom stereocenters. The van der Waals surface area contributed by atoms with Crippen LogP contribution >= 0.6 is 0 Å². The van der Waals surface area contributed by atoms with E-state index in [0.717, 1.165) is 0 Å². The van der Waals surface area contributed by atoms with Gasteiger partial charge < -0.3 is 14.2 Å². The molecule has 0 unspecified atom stereocenters. The van der Waals surface area contributed by atoms with Gasteiger partial charge >= 0.3 is 5.97 Å². The SMILES string of the molecule is CCN(CC(=O)c1c(C)c(C(=O)OC)n(CC)c1C)C(=O)c1ccc(C)c([N+](=O)[O-])c1. The minimum Gasteiger partial charge on any atom is -0.464 e. The van der Waals surface area contributed by atoms with Crippen molar-refractivity contribution >= 4 is 23.3 Å². The first kappa shape index (κ1) is 23.8. The highest BCUT2D eigenvalue weighted by Crippen LogP contribution is 2.25. The van der Waals surface area contributed by atoms with Gasteiger partial charge in [0, 0.05) is 41.5 Å². The number of nitrogens with zero attached hydrogens (tertiary/aromatic N) is 3. The highest BCUT2D eigenvalue weighted by molar-refractivity contribution is 6.06. The summed E-state index contributed by atoms with van der Waals surface area (Å²) in [6, 6.07) is 4.25. The lowest BCUT2D eigenvalue weighted by Crippen LogP contribution is -2.36. The van der Waals surface area contributed by atoms with Crippen LogP contribution in [0.1, 0.15) is 61.9 Å². The molecule has 1 aromatic carbocycles. The molecule has 0 saturated heterocycles. The van der Waals surface area contributed by atoms with Crippen LogP contribution in [0.25, 0.3) is 0 Å². The van der Waals surface area contributed by atoms with E-state index >= 15 is 0 Å². The highest BCUT2D eigenvalue weighted by Gasteiger charge is 2.28. The van der Waals surface area contributed by atoms with Crippen LogP contribution < -0.4 is 0 Å². The molecule has 31 heavy (non-hydrogen) atoms. The molecule has 0 N–H and O–H groups in total. The standard InChI is InChI=1S/C22H27N3O6/c1-7-23(21(27)16-10-9-13(3)17(11-16)25(29)30)12-18(26)19-14(4)20(22(28)31-6)24(8-2)15(19)5/h9-11H,7-8,12H2,1-6H3. The van der Waals surface area contributed by atoms with E-state index in [1.54, 1.807) is 32.3 Å². The quantitative estimate of drug-likeness (QED) is 0.275. The first-order chi connectivity index (χ1) is 14.6. The van der Waals surface area contributed by atoms with Crippen LogP contribution in [0.3, 0.4) is 0 Å². The monoisotopic (exact) mass is 429 g/mol. The molecule has 166 valence electrons. The number of carbonyl (C=O) groups is 3. The van der Waals surface area contributed by atoms with Crippen LogP contribution in [0.2, 0.25) is 0 Å². The summed E-state index contributed by atoms with van der Waals surface area (Å²) in [5.74, 6) is -1.32. The second-order valence-corrected chi connectivity index (χ2v) is 7.17. The number of benzene rings is 1. The van der Waals surface area contributed by atoms with Crippen molar-refractivity contribution in [2.24, 2.45) is 0 Å². The van der Waals surface area contributed by atoms with Crippen molar-refractivity contribution in [1.82, 2.24) is 9.47 Å². The predicted molar refractivity (Wildman–Crippen MR) is 115 cm³/mol. The third-order valence-corrected chi connectivity index (χ3v) is 5.40. The summed E-state index contributed by atoms with van der Waals surface area (Å²) in [6.45, 7) is 9.11. The normalized spacial score (nSPS) is 10.6. The topological polar surface area (TPSA) is 112 Å². The zero-order chi connectivity index (χ0) is 23.5. The first-order valence-electron chi connectivity index (χ1n) is 9.94. The second-order valence-electron chi connectivity index (χ2n) is 7.17. The number of likely N-dealkylation sites (N-methyl/N-ethyl adjacent to an activating group) is 1. The molecule has 0 aliphatic heterocycles. The molecule has 1 aromatic heterocycles. The Labute approximate surface area is 180 Å². The van der Waals surface area contributed by atoms with Crippen molar-refractivity contribution in [3.8, 4) is 0 Å². The minimum atomic E-state index is -0.540. The van der Waals surface area contributed by atoms with Crippen LogP contribution in [-0.2, 0) is 11.3 Å². The van der Waals surface area contributed by atoms with E-state index in [2.05, 4.69) is 0 Å². The molecule has 0 aliphatic rings. The maximum atomic E-state index is 13.1. The van der Waals surface area contributed by atoms with E-state index < -0.39 is 16.8 Å². The maximum absolute atomic E-state index is 13.1. The summed E-state index contributed by atoms with van der Waals surface area (Å²) in [5, 5.41) is 11.2. The van der Waals surface area contributed by atoms with Crippen LogP contribution in [0.5, 0.6) is 0 Å². The molecule has 9 heteroatoms. The van der Waals surface area contributed by atoms with E-state index in [9.17, 15) is 24.5 Å². The Morgan fingerprint density at radius 3 is 2.32 bits per heavy atom. The number of nitro benzene ring substituents is 1. The predicted octanol–water partition coefficient (Wildman–Crippen LogP) is 3.47. The van der Waals surface area contributed by atoms with Crippen LogP contribution in [0.4, 0.5) is 5.69 Å². The lowest BCUT2D eigenvalue weighted by molar-refractivity contribution is -0.385. The number of ketones is 1. The smallest absolute Gasteiger partial charge is 0.354 e. The first-order valence-corrected chi connectivity index (χ1v) is 9.94. The van der Waals surface area contributed by atoms with Gasteiger partial charge in [-0.3, -0.25) is 19.7 Å². The van der Waals surface area contributed by atoms with Crippen LogP contribution in [0.15, 0.2) is 18.2 Å². The Morgan fingerprint density at radius 2 is 1.81 bits per heavy atom. The zero-order valence-corrected chi connectivity index (χ0v) is 18.6. The van der Waals surface area contributed by atoms with E-state index in [0.29, 0.717) is 34.6 Å². The van der Waals surface area contributed by atoms with Gasteiger partial charge in [0.25, 0.3) is 11.6 Å². The Balaban J connectivity index is 2.39. The van der Waals surface area contributed by atoms with Crippen molar-refractivity contribution in [3.05, 3.63) is 62.0 Å². The molecule has 9 nitrogen and oxygen atoms in total. The fraction of sp³-hybridized carbons (Fsp3) is 0.409. The molecule has 0 bridgehead atoms. The minimum absolute atomic E-state index is 0.141. The Morgan fingerprint density at radius 1 is 1.16 bits per heavy atom. The third-order valence-electron chi connectivity index (χ3n) is 5.40. The molecular weight excluding hydrogens is 402 g/mol. The van der Waals surface area contributed by atoms with Gasteiger partial charge in [0.15, 0.2) is 5.78 Å². The molecule has 1 amide bonds. The van der Waals surface area contributed by atoms with Crippen molar-refractivity contribution in [1.29, 1.82) is 0 Å². The van der Waals surface area contributed by atoms with Gasteiger partial charge in [-0.05, 0) is 46.2 Å². The summed E-state index contributed by atoms with van der Waals surface area (Å²) < 4.78 is 6.57. The van der Waals surface area contributed by atoms with Crippen molar-refractivity contribution in [3.63, 3.8) is 0 Å². The van der Waals surface area contributed by atoms with E-state index in [1.807, 2.05) is 6.92 Å². The fourth-order valence-electron chi connectivity index (χ4n) is 3.76. The highest BCUT2D eigenvalue weighted by atomic mass is 16.6. The van der Waals surface area contributed by atoms with Crippen molar-refractivity contribution < 1.29 is 24.0 Å². The molecule has 0 fully saturated rings. The van der Waals surface area contributed by atoms with Gasteiger partial charge in [0.05, 0.1) is 18.6 Å². The summed E-state index contributed by atoms with van der Waals surface area (Å²) in [7, 11) is 1.28. The van der Waals surface area contributed by atoms with Crippen molar-refractivity contribution in [2.75, 3.05) is 20.2 Å². The zero-order valence-electron chi connectivity index (χ0n) is 18.6. The second kappa shape index (κ2) is 9.55. The number of Topliss-reactive ketones (excluding diaryl/α,β-unsaturated/α-hetero) is 1.